The Balaban J connectivity index is 2.15. The predicted octanol–water partition coefficient (Wildman–Crippen LogP) is 2.48. The van der Waals surface area contributed by atoms with Gasteiger partial charge >= 0.3 is 0 Å². The van der Waals surface area contributed by atoms with Crippen molar-refractivity contribution in [2.45, 2.75) is 44.3 Å². The number of benzene rings is 1. The van der Waals surface area contributed by atoms with E-state index >= 15 is 0 Å². The average Bonchev–Trinajstić information content (AvgIpc) is 2.28. The summed E-state index contributed by atoms with van der Waals surface area (Å²) in [6.07, 6.45) is 3.14. The number of rotatable bonds is 5. The van der Waals surface area contributed by atoms with Crippen molar-refractivity contribution >= 4 is 0 Å². The second-order valence-electron chi connectivity index (χ2n) is 5.16. The number of methoxy groups -OCH3 is 2. The Hall–Kier alpha value is -1.06. The van der Waals surface area contributed by atoms with Crippen LogP contribution in [0.1, 0.15) is 30.4 Å². The van der Waals surface area contributed by atoms with E-state index in [1.54, 1.807) is 14.2 Å². The lowest BCUT2D eigenvalue weighted by molar-refractivity contribution is -0.148. The molecule has 1 atom stereocenters. The zero-order valence-corrected chi connectivity index (χ0v) is 11.4. The minimum Gasteiger partial charge on any atom is -0.496 e. The van der Waals surface area contributed by atoms with Gasteiger partial charge in [-0.05, 0) is 37.8 Å². The van der Waals surface area contributed by atoms with Crippen molar-refractivity contribution in [3.63, 3.8) is 0 Å². The third-order valence-corrected chi connectivity index (χ3v) is 4.06. The van der Waals surface area contributed by atoms with Crippen LogP contribution in [0.2, 0.25) is 0 Å². The molecule has 0 aromatic heterocycles. The lowest BCUT2D eigenvalue weighted by Gasteiger charge is -2.44. The van der Waals surface area contributed by atoms with Crippen LogP contribution < -0.4 is 4.74 Å². The van der Waals surface area contributed by atoms with Crippen LogP contribution in [0.3, 0.4) is 0 Å². The second-order valence-corrected chi connectivity index (χ2v) is 5.16. The van der Waals surface area contributed by atoms with Gasteiger partial charge in [-0.2, -0.15) is 0 Å². The van der Waals surface area contributed by atoms with Gasteiger partial charge in [-0.25, -0.2) is 0 Å². The Morgan fingerprint density at radius 2 is 2.06 bits per heavy atom. The molecule has 1 unspecified atom stereocenters. The van der Waals surface area contributed by atoms with Crippen molar-refractivity contribution in [3.05, 3.63) is 29.3 Å². The van der Waals surface area contributed by atoms with Gasteiger partial charge in [-0.3, -0.25) is 0 Å². The van der Waals surface area contributed by atoms with Gasteiger partial charge in [0.25, 0.3) is 0 Å². The van der Waals surface area contributed by atoms with E-state index in [1.165, 1.54) is 5.56 Å². The highest BCUT2D eigenvalue weighted by molar-refractivity contribution is 5.37. The molecule has 1 aliphatic carbocycles. The first-order valence-corrected chi connectivity index (χ1v) is 6.48. The molecule has 0 aliphatic heterocycles. The van der Waals surface area contributed by atoms with Crippen molar-refractivity contribution in [1.82, 2.24) is 0 Å². The molecular formula is C15H22O3. The van der Waals surface area contributed by atoms with Crippen molar-refractivity contribution in [2.24, 2.45) is 0 Å². The van der Waals surface area contributed by atoms with Gasteiger partial charge in [0.1, 0.15) is 5.75 Å². The Kier molecular flexibility index (Phi) is 3.93. The zero-order valence-electron chi connectivity index (χ0n) is 11.4. The Labute approximate surface area is 109 Å². The van der Waals surface area contributed by atoms with Gasteiger partial charge in [-0.1, -0.05) is 17.7 Å². The monoisotopic (exact) mass is 250 g/mol. The molecule has 2 rings (SSSR count). The summed E-state index contributed by atoms with van der Waals surface area (Å²) in [6.45, 7) is 2.05. The molecule has 3 nitrogen and oxygen atoms in total. The van der Waals surface area contributed by atoms with E-state index in [1.807, 2.05) is 19.1 Å². The molecule has 0 saturated heterocycles. The van der Waals surface area contributed by atoms with Crippen LogP contribution in [0.15, 0.2) is 18.2 Å². The molecule has 0 heterocycles. The molecule has 0 amide bonds. The van der Waals surface area contributed by atoms with E-state index in [0.717, 1.165) is 30.6 Å². The number of aliphatic hydroxyl groups is 1. The smallest absolute Gasteiger partial charge is 0.122 e. The van der Waals surface area contributed by atoms with Crippen LogP contribution in [0, 0.1) is 6.92 Å². The van der Waals surface area contributed by atoms with Gasteiger partial charge in [0, 0.05) is 13.5 Å². The van der Waals surface area contributed by atoms with E-state index in [4.69, 9.17) is 9.47 Å². The van der Waals surface area contributed by atoms with Crippen LogP contribution in [-0.2, 0) is 11.2 Å². The molecule has 1 fully saturated rings. The fourth-order valence-corrected chi connectivity index (χ4v) is 2.66. The third-order valence-electron chi connectivity index (χ3n) is 4.06. The van der Waals surface area contributed by atoms with Crippen LogP contribution in [0.4, 0.5) is 0 Å². The van der Waals surface area contributed by atoms with Crippen LogP contribution in [0.25, 0.3) is 0 Å². The summed E-state index contributed by atoms with van der Waals surface area (Å²) < 4.78 is 10.9. The topological polar surface area (TPSA) is 38.7 Å². The average molecular weight is 250 g/mol. The van der Waals surface area contributed by atoms with Crippen LogP contribution in [0.5, 0.6) is 5.75 Å². The van der Waals surface area contributed by atoms with Gasteiger partial charge in [-0.15, -0.1) is 0 Å². The maximum absolute atomic E-state index is 10.4. The first kappa shape index (κ1) is 13.4. The lowest BCUT2D eigenvalue weighted by Crippen LogP contribution is -2.50. The van der Waals surface area contributed by atoms with E-state index in [-0.39, 0.29) is 5.60 Å². The summed E-state index contributed by atoms with van der Waals surface area (Å²) in [7, 11) is 3.35. The number of hydrogen-bond donors (Lipinski definition) is 1. The summed E-state index contributed by atoms with van der Waals surface area (Å²) >= 11 is 0. The number of ether oxygens (including phenoxy) is 2. The van der Waals surface area contributed by atoms with Crippen LogP contribution >= 0.6 is 0 Å². The van der Waals surface area contributed by atoms with Crippen molar-refractivity contribution in [2.75, 3.05) is 14.2 Å². The van der Waals surface area contributed by atoms with Gasteiger partial charge < -0.3 is 14.6 Å². The highest BCUT2D eigenvalue weighted by Gasteiger charge is 2.43. The molecule has 1 N–H and O–H groups in total. The van der Waals surface area contributed by atoms with Crippen molar-refractivity contribution in [1.29, 1.82) is 0 Å². The molecule has 100 valence electrons. The standard InChI is InChI=1S/C15H22O3/c1-11-5-6-13(17-2)12(9-11)10-14(16)15(18-3)7-4-8-15/h5-6,9,14,16H,4,7-8,10H2,1-3H3. The zero-order chi connectivity index (χ0) is 13.2. The minimum atomic E-state index is -0.466. The number of hydrogen-bond acceptors (Lipinski definition) is 3. The van der Waals surface area contributed by atoms with Gasteiger partial charge in [0.05, 0.1) is 18.8 Å². The molecule has 1 aromatic rings. The largest absolute Gasteiger partial charge is 0.496 e. The van der Waals surface area contributed by atoms with E-state index < -0.39 is 6.10 Å². The summed E-state index contributed by atoms with van der Waals surface area (Å²) in [5, 5.41) is 10.4. The molecule has 3 heteroatoms. The Morgan fingerprint density at radius 1 is 1.33 bits per heavy atom. The first-order chi connectivity index (χ1) is 8.61. The quantitative estimate of drug-likeness (QED) is 0.872. The minimum absolute atomic E-state index is 0.339. The Morgan fingerprint density at radius 3 is 2.56 bits per heavy atom. The van der Waals surface area contributed by atoms with Crippen LogP contribution in [-0.4, -0.2) is 31.0 Å². The molecule has 0 bridgehead atoms. The maximum atomic E-state index is 10.4. The predicted molar refractivity (Wildman–Crippen MR) is 71.0 cm³/mol. The van der Waals surface area contributed by atoms with Crippen molar-refractivity contribution < 1.29 is 14.6 Å². The maximum Gasteiger partial charge on any atom is 0.122 e. The summed E-state index contributed by atoms with van der Waals surface area (Å²) in [5.41, 5.74) is 1.89. The second kappa shape index (κ2) is 5.29. The molecular weight excluding hydrogens is 228 g/mol. The summed E-state index contributed by atoms with van der Waals surface area (Å²) in [4.78, 5) is 0. The number of aliphatic hydroxyl groups excluding tert-OH is 1. The van der Waals surface area contributed by atoms with Gasteiger partial charge in [0.2, 0.25) is 0 Å². The summed E-state index contributed by atoms with van der Waals surface area (Å²) in [5.74, 6) is 0.838. The molecule has 18 heavy (non-hydrogen) atoms. The third kappa shape index (κ3) is 2.38. The van der Waals surface area contributed by atoms with Gasteiger partial charge in [0.15, 0.2) is 0 Å². The van der Waals surface area contributed by atoms with E-state index in [2.05, 4.69) is 6.07 Å². The SMILES string of the molecule is COc1ccc(C)cc1CC(O)C1(OC)CCC1. The van der Waals surface area contributed by atoms with E-state index in [0.29, 0.717) is 6.42 Å². The molecule has 0 spiro atoms. The lowest BCUT2D eigenvalue weighted by atomic mass is 9.74. The molecule has 1 saturated carbocycles. The highest BCUT2D eigenvalue weighted by Crippen LogP contribution is 2.39. The van der Waals surface area contributed by atoms with E-state index in [9.17, 15) is 5.11 Å². The fraction of sp³-hybridized carbons (Fsp3) is 0.600. The first-order valence-electron chi connectivity index (χ1n) is 6.48. The number of aryl methyl sites for hydroxylation is 1. The highest BCUT2D eigenvalue weighted by atomic mass is 16.5. The normalized spacial score (nSPS) is 19.1. The fourth-order valence-electron chi connectivity index (χ4n) is 2.66. The Bertz CT molecular complexity index is 405. The molecule has 0 radical (unpaired) electrons. The molecule has 1 aromatic carbocycles. The summed E-state index contributed by atoms with van der Waals surface area (Å²) in [6, 6.07) is 6.05. The van der Waals surface area contributed by atoms with Crippen molar-refractivity contribution in [3.8, 4) is 5.75 Å². The molecule has 1 aliphatic rings.